The van der Waals surface area contributed by atoms with E-state index in [1.807, 2.05) is 0 Å². The number of carboxylic acids is 1. The van der Waals surface area contributed by atoms with Crippen molar-refractivity contribution in [2.45, 2.75) is 25.3 Å². The molecule has 1 aliphatic carbocycles. The van der Waals surface area contributed by atoms with Crippen LogP contribution in [-0.4, -0.2) is 17.0 Å². The van der Waals surface area contributed by atoms with E-state index >= 15 is 0 Å². The van der Waals surface area contributed by atoms with Crippen molar-refractivity contribution in [3.8, 4) is 0 Å². The zero-order chi connectivity index (χ0) is 14.0. The highest BCUT2D eigenvalue weighted by atomic mass is 35.5. The standard InChI is InChI=1S/C13H13ClFNO3/c14-9-4-3-8(5-10(9)15)11(6-12(17)18)16-13(19)7-1-2-7/h3-5,7,11H,1-2,6H2,(H,16,19)(H,17,18). The summed E-state index contributed by atoms with van der Waals surface area (Å²) in [6.07, 6.45) is 1.35. The zero-order valence-corrected chi connectivity index (χ0v) is 10.8. The third-order valence-electron chi connectivity index (χ3n) is 2.99. The Morgan fingerprint density at radius 3 is 2.68 bits per heavy atom. The first-order valence-electron chi connectivity index (χ1n) is 5.94. The summed E-state index contributed by atoms with van der Waals surface area (Å²) in [5, 5.41) is 11.5. The van der Waals surface area contributed by atoms with Gasteiger partial charge in [0, 0.05) is 5.92 Å². The fourth-order valence-corrected chi connectivity index (χ4v) is 1.91. The van der Waals surface area contributed by atoms with Crippen LogP contribution >= 0.6 is 11.6 Å². The molecule has 1 amide bonds. The Labute approximate surface area is 114 Å². The van der Waals surface area contributed by atoms with Crippen molar-refractivity contribution in [1.29, 1.82) is 0 Å². The molecule has 1 fully saturated rings. The molecule has 0 heterocycles. The van der Waals surface area contributed by atoms with Crippen molar-refractivity contribution in [3.05, 3.63) is 34.6 Å². The van der Waals surface area contributed by atoms with Gasteiger partial charge in [0.2, 0.25) is 5.91 Å². The predicted octanol–water partition coefficient (Wildman–Crippen LogP) is 2.52. The molecular weight excluding hydrogens is 273 g/mol. The molecule has 19 heavy (non-hydrogen) atoms. The lowest BCUT2D eigenvalue weighted by molar-refractivity contribution is -0.137. The molecule has 1 aromatic rings. The van der Waals surface area contributed by atoms with Crippen LogP contribution in [0.25, 0.3) is 0 Å². The Hall–Kier alpha value is -1.62. The maximum Gasteiger partial charge on any atom is 0.305 e. The van der Waals surface area contributed by atoms with E-state index in [1.165, 1.54) is 12.1 Å². The minimum absolute atomic E-state index is 0.0338. The van der Waals surface area contributed by atoms with E-state index in [4.69, 9.17) is 16.7 Å². The summed E-state index contributed by atoms with van der Waals surface area (Å²) in [4.78, 5) is 22.5. The number of hydrogen-bond acceptors (Lipinski definition) is 2. The minimum atomic E-state index is -1.06. The van der Waals surface area contributed by atoms with Crippen LogP contribution in [-0.2, 0) is 9.59 Å². The molecule has 1 atom stereocenters. The smallest absolute Gasteiger partial charge is 0.305 e. The highest BCUT2D eigenvalue weighted by molar-refractivity contribution is 6.30. The van der Waals surface area contributed by atoms with Crippen LogP contribution in [0.3, 0.4) is 0 Å². The zero-order valence-electron chi connectivity index (χ0n) is 10.0. The molecule has 1 aromatic carbocycles. The third-order valence-corrected chi connectivity index (χ3v) is 3.30. The third kappa shape index (κ3) is 3.67. The minimum Gasteiger partial charge on any atom is -0.481 e. The molecule has 2 N–H and O–H groups in total. The lowest BCUT2D eigenvalue weighted by Gasteiger charge is -2.17. The lowest BCUT2D eigenvalue weighted by atomic mass is 10.0. The summed E-state index contributed by atoms with van der Waals surface area (Å²) in [7, 11) is 0. The molecule has 102 valence electrons. The maximum atomic E-state index is 13.4. The largest absolute Gasteiger partial charge is 0.481 e. The van der Waals surface area contributed by atoms with Gasteiger partial charge in [-0.05, 0) is 30.5 Å². The van der Waals surface area contributed by atoms with E-state index in [2.05, 4.69) is 5.32 Å². The first-order chi connectivity index (χ1) is 8.97. The van der Waals surface area contributed by atoms with Gasteiger partial charge in [0.15, 0.2) is 0 Å². The van der Waals surface area contributed by atoms with Gasteiger partial charge in [-0.3, -0.25) is 9.59 Å². The Morgan fingerprint density at radius 2 is 2.16 bits per heavy atom. The summed E-state index contributed by atoms with van der Waals surface area (Å²) in [5.41, 5.74) is 0.401. The number of hydrogen-bond donors (Lipinski definition) is 2. The number of rotatable bonds is 5. The number of aliphatic carboxylic acids is 1. The van der Waals surface area contributed by atoms with Crippen molar-refractivity contribution >= 4 is 23.5 Å². The van der Waals surface area contributed by atoms with E-state index in [1.54, 1.807) is 0 Å². The topological polar surface area (TPSA) is 66.4 Å². The normalized spacial score (nSPS) is 15.9. The van der Waals surface area contributed by atoms with Gasteiger partial charge in [-0.25, -0.2) is 4.39 Å². The van der Waals surface area contributed by atoms with Crippen LogP contribution in [0.15, 0.2) is 18.2 Å². The number of nitrogens with one attached hydrogen (secondary N) is 1. The average Bonchev–Trinajstić information content (AvgIpc) is 3.15. The number of carbonyl (C=O) groups is 2. The van der Waals surface area contributed by atoms with Gasteiger partial charge < -0.3 is 10.4 Å². The molecule has 4 nitrogen and oxygen atoms in total. The second-order valence-electron chi connectivity index (χ2n) is 4.61. The second-order valence-corrected chi connectivity index (χ2v) is 5.01. The van der Waals surface area contributed by atoms with Gasteiger partial charge in [-0.15, -0.1) is 0 Å². The van der Waals surface area contributed by atoms with Crippen LogP contribution in [0.4, 0.5) is 4.39 Å². The first-order valence-corrected chi connectivity index (χ1v) is 6.32. The van der Waals surface area contributed by atoms with Crippen molar-refractivity contribution in [2.75, 3.05) is 0 Å². The van der Waals surface area contributed by atoms with E-state index < -0.39 is 17.8 Å². The van der Waals surface area contributed by atoms with Gasteiger partial charge >= 0.3 is 5.97 Å². The molecule has 0 aromatic heterocycles. The fraction of sp³-hybridized carbons (Fsp3) is 0.385. The SMILES string of the molecule is O=C(O)CC(NC(=O)C1CC1)c1ccc(Cl)c(F)c1. The van der Waals surface area contributed by atoms with Crippen LogP contribution in [0, 0.1) is 11.7 Å². The quantitative estimate of drug-likeness (QED) is 0.873. The van der Waals surface area contributed by atoms with E-state index in [-0.39, 0.29) is 23.3 Å². The van der Waals surface area contributed by atoms with Gasteiger partial charge in [0.1, 0.15) is 5.82 Å². The Bertz CT molecular complexity index is 517. The van der Waals surface area contributed by atoms with E-state index in [9.17, 15) is 14.0 Å². The Morgan fingerprint density at radius 1 is 1.47 bits per heavy atom. The van der Waals surface area contributed by atoms with E-state index in [0.29, 0.717) is 5.56 Å². The predicted molar refractivity (Wildman–Crippen MR) is 67.3 cm³/mol. The Balaban J connectivity index is 2.17. The molecule has 1 aliphatic rings. The van der Waals surface area contributed by atoms with Crippen molar-refractivity contribution in [1.82, 2.24) is 5.32 Å². The molecule has 6 heteroatoms. The highest BCUT2D eigenvalue weighted by Crippen LogP contribution is 2.30. The summed E-state index contributed by atoms with van der Waals surface area (Å²) >= 11 is 5.58. The van der Waals surface area contributed by atoms with Gasteiger partial charge in [-0.2, -0.15) is 0 Å². The van der Waals surface area contributed by atoms with Crippen molar-refractivity contribution < 1.29 is 19.1 Å². The summed E-state index contributed by atoms with van der Waals surface area (Å²) in [6.45, 7) is 0. The number of amides is 1. The van der Waals surface area contributed by atoms with Gasteiger partial charge in [-0.1, -0.05) is 17.7 Å². The highest BCUT2D eigenvalue weighted by Gasteiger charge is 2.31. The number of benzene rings is 1. The molecule has 1 unspecified atom stereocenters. The molecule has 0 radical (unpaired) electrons. The molecule has 0 spiro atoms. The summed E-state index contributed by atoms with van der Waals surface area (Å²) in [5.74, 6) is -1.90. The van der Waals surface area contributed by atoms with Gasteiger partial charge in [0.05, 0.1) is 17.5 Å². The van der Waals surface area contributed by atoms with Crippen LogP contribution in [0.2, 0.25) is 5.02 Å². The number of carboxylic acid groups (broad SMARTS) is 1. The van der Waals surface area contributed by atoms with Crippen LogP contribution in [0.5, 0.6) is 0 Å². The average molecular weight is 286 g/mol. The summed E-state index contributed by atoms with van der Waals surface area (Å²) in [6, 6.07) is 3.29. The maximum absolute atomic E-state index is 13.4. The van der Waals surface area contributed by atoms with Gasteiger partial charge in [0.25, 0.3) is 0 Å². The van der Waals surface area contributed by atoms with Crippen LogP contribution < -0.4 is 5.32 Å². The lowest BCUT2D eigenvalue weighted by Crippen LogP contribution is -2.31. The molecular formula is C13H13ClFNO3. The number of halogens is 2. The molecule has 0 aliphatic heterocycles. The second kappa shape index (κ2) is 5.57. The van der Waals surface area contributed by atoms with Crippen molar-refractivity contribution in [3.63, 3.8) is 0 Å². The molecule has 1 saturated carbocycles. The molecule has 0 saturated heterocycles. The van der Waals surface area contributed by atoms with Crippen LogP contribution in [0.1, 0.15) is 30.9 Å². The summed E-state index contributed by atoms with van der Waals surface area (Å²) < 4.78 is 13.4. The molecule has 0 bridgehead atoms. The van der Waals surface area contributed by atoms with Crippen molar-refractivity contribution in [2.24, 2.45) is 5.92 Å². The molecule has 2 rings (SSSR count). The monoisotopic (exact) mass is 285 g/mol. The first kappa shape index (κ1) is 13.8. The Kier molecular flexibility index (Phi) is 4.04. The van der Waals surface area contributed by atoms with E-state index in [0.717, 1.165) is 18.9 Å². The fourth-order valence-electron chi connectivity index (χ4n) is 1.79. The number of carbonyl (C=O) groups excluding carboxylic acids is 1.